The van der Waals surface area contributed by atoms with E-state index in [0.29, 0.717) is 6.17 Å². The fourth-order valence-corrected chi connectivity index (χ4v) is 5.43. The van der Waals surface area contributed by atoms with Crippen molar-refractivity contribution in [1.29, 1.82) is 0 Å². The Morgan fingerprint density at radius 1 is 0.857 bits per heavy atom. The largest absolute Gasteiger partial charge is 0.444 e. The lowest BCUT2D eigenvalue weighted by Gasteiger charge is -2.44. The zero-order valence-electron chi connectivity index (χ0n) is 18.5. The lowest BCUT2D eigenvalue weighted by Crippen LogP contribution is -2.56. The van der Waals surface area contributed by atoms with Crippen molar-refractivity contribution in [3.8, 4) is 0 Å². The molecule has 2 atom stereocenters. The molecule has 3 fully saturated rings. The van der Waals surface area contributed by atoms with Crippen molar-refractivity contribution in [1.82, 2.24) is 15.1 Å². The summed E-state index contributed by atoms with van der Waals surface area (Å²) in [7, 11) is 0. The van der Waals surface area contributed by atoms with E-state index in [-0.39, 0.29) is 6.09 Å². The minimum Gasteiger partial charge on any atom is -0.444 e. The van der Waals surface area contributed by atoms with Crippen LogP contribution in [-0.4, -0.2) is 60.4 Å². The van der Waals surface area contributed by atoms with E-state index in [1.165, 1.54) is 57.8 Å². The molecule has 0 spiro atoms. The van der Waals surface area contributed by atoms with Gasteiger partial charge < -0.3 is 15.0 Å². The molecule has 1 N–H and O–H groups in total. The van der Waals surface area contributed by atoms with Crippen molar-refractivity contribution < 1.29 is 9.53 Å². The molecule has 0 aromatic heterocycles. The van der Waals surface area contributed by atoms with Gasteiger partial charge in [0.25, 0.3) is 0 Å². The number of amides is 1. The number of hydrogen-bond acceptors (Lipinski definition) is 4. The number of carbonyl (C=O) groups excluding carboxylic acids is 1. The van der Waals surface area contributed by atoms with Gasteiger partial charge in [-0.1, -0.05) is 44.9 Å². The van der Waals surface area contributed by atoms with Crippen molar-refractivity contribution in [3.63, 3.8) is 0 Å². The van der Waals surface area contributed by atoms with E-state index in [1.807, 2.05) is 25.7 Å². The molecule has 3 rings (SSSR count). The van der Waals surface area contributed by atoms with Crippen LogP contribution in [0.15, 0.2) is 0 Å². The summed E-state index contributed by atoms with van der Waals surface area (Å²) < 4.78 is 5.61. The van der Waals surface area contributed by atoms with Crippen molar-refractivity contribution in [2.75, 3.05) is 32.7 Å². The Morgan fingerprint density at radius 2 is 1.57 bits per heavy atom. The van der Waals surface area contributed by atoms with Crippen LogP contribution in [0.2, 0.25) is 0 Å². The maximum Gasteiger partial charge on any atom is 0.410 e. The first-order chi connectivity index (χ1) is 13.4. The third-order valence-corrected chi connectivity index (χ3v) is 6.80. The number of piperidine rings is 1. The number of carbonyl (C=O) groups is 1. The van der Waals surface area contributed by atoms with Crippen LogP contribution in [0.1, 0.15) is 85.0 Å². The quantitative estimate of drug-likeness (QED) is 0.744. The first-order valence-corrected chi connectivity index (χ1v) is 11.9. The van der Waals surface area contributed by atoms with E-state index >= 15 is 0 Å². The highest BCUT2D eigenvalue weighted by Gasteiger charge is 2.36. The molecule has 1 amide bonds. The van der Waals surface area contributed by atoms with Crippen molar-refractivity contribution in [2.24, 2.45) is 11.8 Å². The molecule has 28 heavy (non-hydrogen) atoms. The van der Waals surface area contributed by atoms with Gasteiger partial charge in [-0.05, 0) is 58.4 Å². The highest BCUT2D eigenvalue weighted by molar-refractivity contribution is 5.68. The van der Waals surface area contributed by atoms with E-state index in [9.17, 15) is 4.79 Å². The first kappa shape index (κ1) is 21.9. The lowest BCUT2D eigenvalue weighted by molar-refractivity contribution is 0.0228. The summed E-state index contributed by atoms with van der Waals surface area (Å²) in [6.07, 6.45) is 14.0. The summed E-state index contributed by atoms with van der Waals surface area (Å²) in [5.74, 6) is 1.66. The highest BCUT2D eigenvalue weighted by atomic mass is 16.6. The van der Waals surface area contributed by atoms with Gasteiger partial charge in [-0.3, -0.25) is 4.90 Å². The summed E-state index contributed by atoms with van der Waals surface area (Å²) in [4.78, 5) is 17.1. The number of hydrogen-bond donors (Lipinski definition) is 1. The maximum atomic E-state index is 12.5. The molecule has 2 heterocycles. The zero-order valence-corrected chi connectivity index (χ0v) is 18.5. The molecule has 5 nitrogen and oxygen atoms in total. The van der Waals surface area contributed by atoms with E-state index in [2.05, 4.69) is 10.2 Å². The van der Waals surface area contributed by atoms with Crippen LogP contribution in [0.3, 0.4) is 0 Å². The van der Waals surface area contributed by atoms with Crippen LogP contribution in [0.4, 0.5) is 4.79 Å². The molecule has 0 aromatic carbocycles. The smallest absolute Gasteiger partial charge is 0.410 e. The van der Waals surface area contributed by atoms with Gasteiger partial charge in [-0.25, -0.2) is 4.79 Å². The third-order valence-electron chi connectivity index (χ3n) is 6.80. The van der Waals surface area contributed by atoms with Crippen LogP contribution in [0.5, 0.6) is 0 Å². The topological polar surface area (TPSA) is 44.8 Å². The van der Waals surface area contributed by atoms with Crippen molar-refractivity contribution in [2.45, 2.75) is 96.7 Å². The van der Waals surface area contributed by atoms with Crippen LogP contribution in [0, 0.1) is 11.8 Å². The molecule has 2 unspecified atom stereocenters. The molecule has 2 saturated heterocycles. The minimum atomic E-state index is -0.419. The van der Waals surface area contributed by atoms with Crippen molar-refractivity contribution >= 4 is 6.09 Å². The molecule has 1 aliphatic carbocycles. The predicted molar refractivity (Wildman–Crippen MR) is 114 cm³/mol. The molecule has 5 heteroatoms. The van der Waals surface area contributed by atoms with Gasteiger partial charge in [-0.2, -0.15) is 0 Å². The minimum absolute atomic E-state index is 0.150. The number of nitrogens with one attached hydrogen (secondary N) is 1. The van der Waals surface area contributed by atoms with E-state index in [1.54, 1.807) is 0 Å². The zero-order chi connectivity index (χ0) is 20.0. The normalized spacial score (nSPS) is 29.6. The second kappa shape index (κ2) is 10.3. The molecular weight excluding hydrogens is 350 g/mol. The molecule has 0 radical (unpaired) electrons. The van der Waals surface area contributed by atoms with Gasteiger partial charge in [0, 0.05) is 26.2 Å². The maximum absolute atomic E-state index is 12.5. The van der Waals surface area contributed by atoms with E-state index in [0.717, 1.165) is 51.0 Å². The SMILES string of the molecule is CC(C)(C)OC(=O)N1CCCN(C2NCCCC2C2CCCCCCC2)CC1. The Kier molecular flexibility index (Phi) is 8.04. The van der Waals surface area contributed by atoms with Crippen LogP contribution >= 0.6 is 0 Å². The Balaban J connectivity index is 1.59. The van der Waals surface area contributed by atoms with E-state index in [4.69, 9.17) is 4.74 Å². The number of rotatable bonds is 2. The fraction of sp³-hybridized carbons (Fsp3) is 0.957. The molecular formula is C23H43N3O2. The molecule has 2 aliphatic heterocycles. The van der Waals surface area contributed by atoms with Gasteiger partial charge in [0.2, 0.25) is 0 Å². The Bertz CT molecular complexity index is 483. The molecule has 1 saturated carbocycles. The van der Waals surface area contributed by atoms with E-state index < -0.39 is 5.60 Å². The van der Waals surface area contributed by atoms with Crippen LogP contribution < -0.4 is 5.32 Å². The Labute approximate surface area is 172 Å². The van der Waals surface area contributed by atoms with Gasteiger partial charge in [0.1, 0.15) is 5.60 Å². The average Bonchev–Trinajstić information content (AvgIpc) is 2.86. The lowest BCUT2D eigenvalue weighted by atomic mass is 9.76. The van der Waals surface area contributed by atoms with Crippen LogP contribution in [0.25, 0.3) is 0 Å². The third kappa shape index (κ3) is 6.35. The van der Waals surface area contributed by atoms with Gasteiger partial charge in [0.05, 0.1) is 6.17 Å². The molecule has 3 aliphatic rings. The summed E-state index contributed by atoms with van der Waals surface area (Å²) in [6.45, 7) is 10.6. The highest BCUT2D eigenvalue weighted by Crippen LogP contribution is 2.35. The van der Waals surface area contributed by atoms with Gasteiger partial charge in [0.15, 0.2) is 0 Å². The fourth-order valence-electron chi connectivity index (χ4n) is 5.43. The molecule has 0 bridgehead atoms. The Hall–Kier alpha value is -0.810. The summed E-state index contributed by atoms with van der Waals surface area (Å²) in [5.41, 5.74) is -0.419. The summed E-state index contributed by atoms with van der Waals surface area (Å²) in [6, 6.07) is 0. The Morgan fingerprint density at radius 3 is 2.29 bits per heavy atom. The number of ether oxygens (including phenoxy) is 1. The summed E-state index contributed by atoms with van der Waals surface area (Å²) in [5, 5.41) is 3.87. The second-order valence-corrected chi connectivity index (χ2v) is 10.2. The van der Waals surface area contributed by atoms with Gasteiger partial charge in [-0.15, -0.1) is 0 Å². The average molecular weight is 394 g/mol. The monoisotopic (exact) mass is 393 g/mol. The number of nitrogens with zero attached hydrogens (tertiary/aromatic N) is 2. The standard InChI is InChI=1S/C23H43N3O2/c1-23(2,3)28-22(27)26-16-10-15-25(17-18-26)21-20(13-9-14-24-21)19-11-7-5-4-6-8-12-19/h19-21,24H,4-18H2,1-3H3. The van der Waals surface area contributed by atoms with Gasteiger partial charge >= 0.3 is 6.09 Å². The first-order valence-electron chi connectivity index (χ1n) is 11.9. The molecule has 0 aromatic rings. The second-order valence-electron chi connectivity index (χ2n) is 10.2. The predicted octanol–water partition coefficient (Wildman–Crippen LogP) is 4.62. The van der Waals surface area contributed by atoms with Crippen LogP contribution in [-0.2, 0) is 4.74 Å². The summed E-state index contributed by atoms with van der Waals surface area (Å²) >= 11 is 0. The van der Waals surface area contributed by atoms with Crippen molar-refractivity contribution in [3.05, 3.63) is 0 Å². The molecule has 162 valence electrons.